The van der Waals surface area contributed by atoms with E-state index in [1.807, 2.05) is 18.2 Å². The fraction of sp³-hybridized carbons (Fsp3) is 0.625. The van der Waals surface area contributed by atoms with Crippen LogP contribution in [0.25, 0.3) is 0 Å². The first-order valence-corrected chi connectivity index (χ1v) is 7.27. The smallest absolute Gasteiger partial charge is 0.142 e. The van der Waals surface area contributed by atoms with E-state index in [2.05, 4.69) is 18.7 Å². The number of hydrogen-bond acceptors (Lipinski definition) is 4. The monoisotopic (exact) mass is 278 g/mol. The summed E-state index contributed by atoms with van der Waals surface area (Å²) in [5.74, 6) is 2.98. The number of piperidine rings is 1. The van der Waals surface area contributed by atoms with Gasteiger partial charge in [0.1, 0.15) is 11.5 Å². The van der Waals surface area contributed by atoms with Gasteiger partial charge in [0.05, 0.1) is 19.9 Å². The highest BCUT2D eigenvalue weighted by Crippen LogP contribution is 2.35. The van der Waals surface area contributed by atoms with Crippen molar-refractivity contribution in [1.82, 2.24) is 0 Å². The van der Waals surface area contributed by atoms with Gasteiger partial charge in [-0.3, -0.25) is 0 Å². The summed E-state index contributed by atoms with van der Waals surface area (Å²) in [5, 5.41) is 0. The average molecular weight is 278 g/mol. The number of ether oxygens (including phenoxy) is 2. The molecule has 4 nitrogen and oxygen atoms in total. The predicted octanol–water partition coefficient (Wildman–Crippen LogP) is 2.51. The van der Waals surface area contributed by atoms with Crippen molar-refractivity contribution in [3.8, 4) is 11.5 Å². The lowest BCUT2D eigenvalue weighted by Gasteiger charge is -2.40. The molecule has 2 N–H and O–H groups in total. The fourth-order valence-electron chi connectivity index (χ4n) is 2.90. The molecule has 1 fully saturated rings. The fourth-order valence-corrected chi connectivity index (χ4v) is 2.90. The molecule has 1 aliphatic heterocycles. The first-order valence-electron chi connectivity index (χ1n) is 7.27. The van der Waals surface area contributed by atoms with E-state index >= 15 is 0 Å². The molecule has 0 amide bonds. The second-order valence-electron chi connectivity index (χ2n) is 5.94. The molecule has 0 saturated carbocycles. The third-order valence-corrected chi connectivity index (χ3v) is 4.18. The Morgan fingerprint density at radius 3 is 2.55 bits per heavy atom. The van der Waals surface area contributed by atoms with Gasteiger partial charge in [-0.25, -0.2) is 0 Å². The SMILES string of the molecule is COc1ccc(OC)c(N2CC(N)CC(C(C)C)C2)c1. The Labute approximate surface area is 121 Å². The molecular weight excluding hydrogens is 252 g/mol. The Morgan fingerprint density at radius 2 is 1.95 bits per heavy atom. The van der Waals surface area contributed by atoms with E-state index in [1.165, 1.54) is 0 Å². The molecule has 4 heteroatoms. The number of anilines is 1. The first-order chi connectivity index (χ1) is 9.55. The molecule has 2 unspecified atom stereocenters. The quantitative estimate of drug-likeness (QED) is 0.919. The van der Waals surface area contributed by atoms with Gasteiger partial charge < -0.3 is 20.1 Å². The number of nitrogens with zero attached hydrogens (tertiary/aromatic N) is 1. The molecule has 2 atom stereocenters. The number of benzene rings is 1. The van der Waals surface area contributed by atoms with Crippen LogP contribution >= 0.6 is 0 Å². The molecule has 20 heavy (non-hydrogen) atoms. The van der Waals surface area contributed by atoms with Crippen molar-refractivity contribution in [3.05, 3.63) is 18.2 Å². The van der Waals surface area contributed by atoms with Crippen molar-refractivity contribution < 1.29 is 9.47 Å². The number of nitrogens with two attached hydrogens (primary N) is 1. The van der Waals surface area contributed by atoms with Crippen LogP contribution < -0.4 is 20.1 Å². The van der Waals surface area contributed by atoms with Crippen LogP contribution in [-0.2, 0) is 0 Å². The molecule has 0 spiro atoms. The summed E-state index contributed by atoms with van der Waals surface area (Å²) in [4.78, 5) is 2.33. The minimum absolute atomic E-state index is 0.215. The van der Waals surface area contributed by atoms with Crippen LogP contribution in [0.5, 0.6) is 11.5 Å². The Bertz CT molecular complexity index is 448. The molecule has 1 aliphatic rings. The van der Waals surface area contributed by atoms with Crippen molar-refractivity contribution >= 4 is 5.69 Å². The standard InChI is InChI=1S/C16H26N2O2/c1-11(2)12-7-13(17)10-18(9-12)15-8-14(19-3)5-6-16(15)20-4/h5-6,8,11-13H,7,9-10,17H2,1-4H3. The maximum Gasteiger partial charge on any atom is 0.142 e. The summed E-state index contributed by atoms with van der Waals surface area (Å²) in [6.07, 6.45) is 1.10. The van der Waals surface area contributed by atoms with Crippen LogP contribution in [0.1, 0.15) is 20.3 Å². The zero-order chi connectivity index (χ0) is 14.7. The van der Waals surface area contributed by atoms with Gasteiger partial charge in [-0.05, 0) is 30.4 Å². The van der Waals surface area contributed by atoms with E-state index in [1.54, 1.807) is 14.2 Å². The largest absolute Gasteiger partial charge is 0.497 e. The molecular formula is C16H26N2O2. The van der Waals surface area contributed by atoms with Gasteiger partial charge in [-0.15, -0.1) is 0 Å². The van der Waals surface area contributed by atoms with Gasteiger partial charge in [0.25, 0.3) is 0 Å². The summed E-state index contributed by atoms with van der Waals surface area (Å²) in [6.45, 7) is 6.43. The molecule has 112 valence electrons. The molecule has 1 aromatic rings. The van der Waals surface area contributed by atoms with Gasteiger partial charge in [0.15, 0.2) is 0 Å². The summed E-state index contributed by atoms with van der Waals surface area (Å²) < 4.78 is 10.8. The van der Waals surface area contributed by atoms with E-state index < -0.39 is 0 Å². The van der Waals surface area contributed by atoms with Crippen LogP contribution in [0.2, 0.25) is 0 Å². The maximum absolute atomic E-state index is 6.24. The van der Waals surface area contributed by atoms with Gasteiger partial charge in [0, 0.05) is 25.2 Å². The lowest BCUT2D eigenvalue weighted by Crippen LogP contribution is -2.48. The Balaban J connectivity index is 2.29. The average Bonchev–Trinajstić information content (AvgIpc) is 2.45. The van der Waals surface area contributed by atoms with Crippen LogP contribution in [0, 0.1) is 11.8 Å². The molecule has 1 aromatic carbocycles. The lowest BCUT2D eigenvalue weighted by molar-refractivity contribution is 0.296. The third kappa shape index (κ3) is 3.18. The van der Waals surface area contributed by atoms with E-state index in [4.69, 9.17) is 15.2 Å². The van der Waals surface area contributed by atoms with Crippen LogP contribution in [0.15, 0.2) is 18.2 Å². The van der Waals surface area contributed by atoms with Crippen molar-refractivity contribution in [1.29, 1.82) is 0 Å². The third-order valence-electron chi connectivity index (χ3n) is 4.18. The highest BCUT2D eigenvalue weighted by atomic mass is 16.5. The molecule has 0 bridgehead atoms. The van der Waals surface area contributed by atoms with Gasteiger partial charge in [0.2, 0.25) is 0 Å². The van der Waals surface area contributed by atoms with Crippen LogP contribution in [-0.4, -0.2) is 33.4 Å². The van der Waals surface area contributed by atoms with Crippen molar-refractivity contribution in [2.24, 2.45) is 17.6 Å². The van der Waals surface area contributed by atoms with Crippen molar-refractivity contribution in [3.63, 3.8) is 0 Å². The van der Waals surface area contributed by atoms with E-state index in [0.717, 1.165) is 36.7 Å². The Kier molecular flexibility index (Phi) is 4.76. The van der Waals surface area contributed by atoms with E-state index in [0.29, 0.717) is 11.8 Å². The minimum atomic E-state index is 0.215. The normalized spacial score (nSPS) is 23.0. The Morgan fingerprint density at radius 1 is 1.20 bits per heavy atom. The predicted molar refractivity (Wildman–Crippen MR) is 82.7 cm³/mol. The Hall–Kier alpha value is -1.42. The molecule has 1 saturated heterocycles. The highest BCUT2D eigenvalue weighted by molar-refractivity contribution is 5.62. The van der Waals surface area contributed by atoms with Crippen LogP contribution in [0.4, 0.5) is 5.69 Å². The second kappa shape index (κ2) is 6.35. The molecule has 0 aromatic heterocycles. The zero-order valence-corrected chi connectivity index (χ0v) is 12.9. The van der Waals surface area contributed by atoms with E-state index in [-0.39, 0.29) is 6.04 Å². The number of hydrogen-bond donors (Lipinski definition) is 1. The lowest BCUT2D eigenvalue weighted by atomic mass is 9.85. The molecule has 0 radical (unpaired) electrons. The van der Waals surface area contributed by atoms with Gasteiger partial charge >= 0.3 is 0 Å². The summed E-state index contributed by atoms with van der Waals surface area (Å²) in [7, 11) is 3.39. The summed E-state index contributed by atoms with van der Waals surface area (Å²) >= 11 is 0. The number of rotatable bonds is 4. The highest BCUT2D eigenvalue weighted by Gasteiger charge is 2.28. The summed E-state index contributed by atoms with van der Waals surface area (Å²) in [5.41, 5.74) is 7.32. The topological polar surface area (TPSA) is 47.7 Å². The first kappa shape index (κ1) is 15.0. The summed E-state index contributed by atoms with van der Waals surface area (Å²) in [6, 6.07) is 6.13. The van der Waals surface area contributed by atoms with Crippen molar-refractivity contribution in [2.75, 3.05) is 32.2 Å². The molecule has 2 rings (SSSR count). The molecule has 1 heterocycles. The second-order valence-corrected chi connectivity index (χ2v) is 5.94. The van der Waals surface area contributed by atoms with Gasteiger partial charge in [-0.2, -0.15) is 0 Å². The molecule has 0 aliphatic carbocycles. The van der Waals surface area contributed by atoms with Crippen LogP contribution in [0.3, 0.4) is 0 Å². The van der Waals surface area contributed by atoms with E-state index in [9.17, 15) is 0 Å². The van der Waals surface area contributed by atoms with Gasteiger partial charge in [-0.1, -0.05) is 13.8 Å². The number of methoxy groups -OCH3 is 2. The van der Waals surface area contributed by atoms with Crippen molar-refractivity contribution in [2.45, 2.75) is 26.3 Å². The minimum Gasteiger partial charge on any atom is -0.497 e. The maximum atomic E-state index is 6.24. The zero-order valence-electron chi connectivity index (χ0n) is 12.9.